The standard InChI is InChI=1S/C14H22N2O3.ClH/c1-12(2)6-8-19-9-7-15-11-13-4-3-5-14(10-13)16(17)18;/h3-5,10,12,15H,6-9,11H2,1-2H3;1H. The minimum atomic E-state index is -0.376. The Balaban J connectivity index is 0.00000361. The molecule has 1 aromatic carbocycles. The maximum Gasteiger partial charge on any atom is 0.269 e. The lowest BCUT2D eigenvalue weighted by Crippen LogP contribution is -2.19. The van der Waals surface area contributed by atoms with E-state index in [1.165, 1.54) is 6.07 Å². The van der Waals surface area contributed by atoms with Crippen LogP contribution >= 0.6 is 12.4 Å². The zero-order valence-corrected chi connectivity index (χ0v) is 12.8. The molecule has 0 fully saturated rings. The summed E-state index contributed by atoms with van der Waals surface area (Å²) in [7, 11) is 0. The van der Waals surface area contributed by atoms with E-state index in [2.05, 4.69) is 19.2 Å². The Bertz CT molecular complexity index is 400. The Kier molecular flexibility index (Phi) is 9.98. The highest BCUT2D eigenvalue weighted by atomic mass is 35.5. The van der Waals surface area contributed by atoms with Crippen molar-refractivity contribution in [3.8, 4) is 0 Å². The summed E-state index contributed by atoms with van der Waals surface area (Å²) >= 11 is 0. The van der Waals surface area contributed by atoms with Gasteiger partial charge >= 0.3 is 0 Å². The van der Waals surface area contributed by atoms with Gasteiger partial charge < -0.3 is 10.1 Å². The van der Waals surface area contributed by atoms with Crippen LogP contribution in [0, 0.1) is 16.0 Å². The normalized spacial score (nSPS) is 10.3. The lowest BCUT2D eigenvalue weighted by Gasteiger charge is -2.07. The van der Waals surface area contributed by atoms with Crippen LogP contribution in [0.4, 0.5) is 5.69 Å². The maximum atomic E-state index is 10.6. The summed E-state index contributed by atoms with van der Waals surface area (Å²) in [6.45, 7) is 7.17. The zero-order chi connectivity index (χ0) is 14.1. The van der Waals surface area contributed by atoms with E-state index in [-0.39, 0.29) is 23.0 Å². The van der Waals surface area contributed by atoms with E-state index in [1.54, 1.807) is 12.1 Å². The van der Waals surface area contributed by atoms with E-state index in [0.717, 1.165) is 25.1 Å². The quantitative estimate of drug-likeness (QED) is 0.432. The van der Waals surface area contributed by atoms with Gasteiger partial charge in [0.15, 0.2) is 0 Å². The average Bonchev–Trinajstić information content (AvgIpc) is 2.37. The Labute approximate surface area is 126 Å². The summed E-state index contributed by atoms with van der Waals surface area (Å²) in [6.07, 6.45) is 1.07. The summed E-state index contributed by atoms with van der Waals surface area (Å²) < 4.78 is 5.47. The SMILES string of the molecule is CC(C)CCOCCNCc1cccc([N+](=O)[O-])c1.Cl. The lowest BCUT2D eigenvalue weighted by molar-refractivity contribution is -0.384. The number of ether oxygens (including phenoxy) is 1. The van der Waals surface area contributed by atoms with Crippen molar-refractivity contribution in [2.45, 2.75) is 26.8 Å². The number of non-ortho nitro benzene ring substituents is 1. The highest BCUT2D eigenvalue weighted by Crippen LogP contribution is 2.12. The fourth-order valence-electron chi connectivity index (χ4n) is 1.58. The number of rotatable bonds is 9. The summed E-state index contributed by atoms with van der Waals surface area (Å²) in [5, 5.41) is 13.8. The van der Waals surface area contributed by atoms with Crippen LogP contribution in [0.3, 0.4) is 0 Å². The van der Waals surface area contributed by atoms with E-state index in [4.69, 9.17) is 4.74 Å². The highest BCUT2D eigenvalue weighted by Gasteiger charge is 2.04. The predicted molar refractivity (Wildman–Crippen MR) is 82.3 cm³/mol. The average molecular weight is 303 g/mol. The smallest absolute Gasteiger partial charge is 0.269 e. The maximum absolute atomic E-state index is 10.6. The molecule has 6 heteroatoms. The first-order valence-electron chi connectivity index (χ1n) is 6.61. The van der Waals surface area contributed by atoms with Crippen molar-refractivity contribution in [1.82, 2.24) is 5.32 Å². The molecule has 0 spiro atoms. The van der Waals surface area contributed by atoms with Crippen molar-refractivity contribution < 1.29 is 9.66 Å². The largest absolute Gasteiger partial charge is 0.380 e. The van der Waals surface area contributed by atoms with Crippen LogP contribution in [-0.2, 0) is 11.3 Å². The summed E-state index contributed by atoms with van der Waals surface area (Å²) in [4.78, 5) is 10.2. The molecule has 0 saturated carbocycles. The molecule has 0 bridgehead atoms. The molecular weight excluding hydrogens is 280 g/mol. The monoisotopic (exact) mass is 302 g/mol. The van der Waals surface area contributed by atoms with Crippen LogP contribution in [0.5, 0.6) is 0 Å². The number of hydrogen-bond donors (Lipinski definition) is 1. The van der Waals surface area contributed by atoms with E-state index >= 15 is 0 Å². The first-order valence-corrected chi connectivity index (χ1v) is 6.61. The van der Waals surface area contributed by atoms with Crippen molar-refractivity contribution in [3.05, 3.63) is 39.9 Å². The molecule has 0 aliphatic carbocycles. The molecule has 0 aliphatic rings. The molecule has 0 aromatic heterocycles. The van der Waals surface area contributed by atoms with Crippen LogP contribution in [-0.4, -0.2) is 24.7 Å². The van der Waals surface area contributed by atoms with Crippen LogP contribution in [0.15, 0.2) is 24.3 Å². The first kappa shape index (κ1) is 18.8. The molecule has 5 nitrogen and oxygen atoms in total. The molecule has 1 N–H and O–H groups in total. The van der Waals surface area contributed by atoms with Gasteiger partial charge in [-0.2, -0.15) is 0 Å². The van der Waals surface area contributed by atoms with Gasteiger partial charge in [-0.3, -0.25) is 10.1 Å². The van der Waals surface area contributed by atoms with E-state index in [1.807, 2.05) is 6.07 Å². The van der Waals surface area contributed by atoms with Gasteiger partial charge in [-0.05, 0) is 17.9 Å². The number of benzene rings is 1. The summed E-state index contributed by atoms with van der Waals surface area (Å²) in [5.74, 6) is 0.665. The summed E-state index contributed by atoms with van der Waals surface area (Å²) in [5.41, 5.74) is 1.05. The Morgan fingerprint density at radius 3 is 2.75 bits per heavy atom. The van der Waals surface area contributed by atoms with Gasteiger partial charge in [0.25, 0.3) is 5.69 Å². The third-order valence-electron chi connectivity index (χ3n) is 2.71. The van der Waals surface area contributed by atoms with Gasteiger partial charge in [0, 0.05) is 31.8 Å². The van der Waals surface area contributed by atoms with Crippen molar-refractivity contribution in [2.75, 3.05) is 19.8 Å². The van der Waals surface area contributed by atoms with Gasteiger partial charge in [0.2, 0.25) is 0 Å². The van der Waals surface area contributed by atoms with Gasteiger partial charge in [0.1, 0.15) is 0 Å². The van der Waals surface area contributed by atoms with Crippen molar-refractivity contribution in [3.63, 3.8) is 0 Å². The fraction of sp³-hybridized carbons (Fsp3) is 0.571. The van der Waals surface area contributed by atoms with Crippen molar-refractivity contribution >= 4 is 18.1 Å². The third kappa shape index (κ3) is 8.09. The topological polar surface area (TPSA) is 64.4 Å². The van der Waals surface area contributed by atoms with Gasteiger partial charge in [-0.15, -0.1) is 12.4 Å². The number of nitrogens with zero attached hydrogens (tertiary/aromatic N) is 1. The summed E-state index contributed by atoms with van der Waals surface area (Å²) in [6, 6.07) is 6.67. The molecule has 1 rings (SSSR count). The molecule has 20 heavy (non-hydrogen) atoms. The molecule has 0 aliphatic heterocycles. The minimum Gasteiger partial charge on any atom is -0.380 e. The van der Waals surface area contributed by atoms with E-state index in [9.17, 15) is 10.1 Å². The Morgan fingerprint density at radius 2 is 2.10 bits per heavy atom. The Hall–Kier alpha value is -1.17. The molecule has 1 aromatic rings. The van der Waals surface area contributed by atoms with Gasteiger partial charge in [-0.25, -0.2) is 0 Å². The predicted octanol–water partition coefficient (Wildman–Crippen LogP) is 3.17. The molecule has 0 heterocycles. The number of nitrogens with one attached hydrogen (secondary N) is 1. The fourth-order valence-corrected chi connectivity index (χ4v) is 1.58. The number of nitro benzene ring substituents is 1. The second-order valence-corrected chi connectivity index (χ2v) is 4.90. The van der Waals surface area contributed by atoms with Crippen LogP contribution in [0.25, 0.3) is 0 Å². The van der Waals surface area contributed by atoms with Gasteiger partial charge in [0.05, 0.1) is 11.5 Å². The van der Waals surface area contributed by atoms with Crippen LogP contribution < -0.4 is 5.32 Å². The van der Waals surface area contributed by atoms with Crippen molar-refractivity contribution in [2.24, 2.45) is 5.92 Å². The van der Waals surface area contributed by atoms with E-state index in [0.29, 0.717) is 19.1 Å². The van der Waals surface area contributed by atoms with Crippen LogP contribution in [0.2, 0.25) is 0 Å². The zero-order valence-electron chi connectivity index (χ0n) is 12.0. The first-order chi connectivity index (χ1) is 9.09. The molecular formula is C14H23ClN2O3. The molecule has 0 unspecified atom stereocenters. The molecule has 0 atom stereocenters. The molecule has 0 saturated heterocycles. The number of hydrogen-bond acceptors (Lipinski definition) is 4. The molecule has 0 amide bonds. The number of halogens is 1. The third-order valence-corrected chi connectivity index (χ3v) is 2.71. The second-order valence-electron chi connectivity index (χ2n) is 4.90. The number of nitro groups is 1. The molecule has 0 radical (unpaired) electrons. The lowest BCUT2D eigenvalue weighted by atomic mass is 10.1. The molecule has 114 valence electrons. The van der Waals surface area contributed by atoms with Gasteiger partial charge in [-0.1, -0.05) is 26.0 Å². The Morgan fingerprint density at radius 1 is 1.35 bits per heavy atom. The minimum absolute atomic E-state index is 0. The van der Waals surface area contributed by atoms with Crippen molar-refractivity contribution in [1.29, 1.82) is 0 Å². The highest BCUT2D eigenvalue weighted by molar-refractivity contribution is 5.85. The van der Waals surface area contributed by atoms with Crippen LogP contribution in [0.1, 0.15) is 25.8 Å². The second kappa shape index (κ2) is 10.6. The van der Waals surface area contributed by atoms with E-state index < -0.39 is 0 Å².